The molecule has 3 rings (SSSR count). The van der Waals surface area contributed by atoms with E-state index in [1.807, 2.05) is 25.7 Å². The van der Waals surface area contributed by atoms with Crippen LogP contribution in [-0.2, 0) is 4.74 Å². The minimum Gasteiger partial charge on any atom is -0.490 e. The van der Waals surface area contributed by atoms with Crippen molar-refractivity contribution >= 4 is 17.7 Å². The summed E-state index contributed by atoms with van der Waals surface area (Å²) in [4.78, 5) is 18.2. The van der Waals surface area contributed by atoms with Crippen molar-refractivity contribution in [1.82, 2.24) is 9.88 Å². The van der Waals surface area contributed by atoms with Crippen molar-refractivity contribution in [3.8, 4) is 5.75 Å². The maximum Gasteiger partial charge on any atom is 0.410 e. The molecule has 0 bridgehead atoms. The van der Waals surface area contributed by atoms with Crippen LogP contribution in [0.5, 0.6) is 5.75 Å². The summed E-state index contributed by atoms with van der Waals surface area (Å²) in [6.45, 7) is 6.11. The number of rotatable bonds is 3. The lowest BCUT2D eigenvalue weighted by atomic mass is 10.2. The van der Waals surface area contributed by atoms with Crippen molar-refractivity contribution in [3.05, 3.63) is 23.5 Å². The second-order valence-corrected chi connectivity index (χ2v) is 7.36. The average Bonchev–Trinajstić information content (AvgIpc) is 3.07. The van der Waals surface area contributed by atoms with Gasteiger partial charge in [-0.2, -0.15) is 0 Å². The first-order valence-electron chi connectivity index (χ1n) is 7.59. The topological polar surface area (TPSA) is 51.7 Å². The number of carbonyl (C=O) groups excluding carboxylic acids is 1. The molecule has 0 spiro atoms. The van der Waals surface area contributed by atoms with Gasteiger partial charge >= 0.3 is 6.09 Å². The molecule has 1 aromatic heterocycles. The van der Waals surface area contributed by atoms with Gasteiger partial charge in [-0.15, -0.1) is 0 Å². The van der Waals surface area contributed by atoms with E-state index in [4.69, 9.17) is 21.1 Å². The van der Waals surface area contributed by atoms with Gasteiger partial charge in [-0.25, -0.2) is 9.78 Å². The molecule has 120 valence electrons. The summed E-state index contributed by atoms with van der Waals surface area (Å²) in [6, 6.07) is 3.86. The summed E-state index contributed by atoms with van der Waals surface area (Å²) in [6.07, 6.45) is 3.42. The zero-order valence-electron chi connectivity index (χ0n) is 13.1. The highest BCUT2D eigenvalue weighted by atomic mass is 35.5. The second kappa shape index (κ2) is 5.61. The smallest absolute Gasteiger partial charge is 0.410 e. The Morgan fingerprint density at radius 1 is 1.41 bits per heavy atom. The molecule has 0 unspecified atom stereocenters. The molecule has 0 N–H and O–H groups in total. The molecule has 2 fully saturated rings. The molecule has 1 aliphatic carbocycles. The normalized spacial score (nSPS) is 26.5. The zero-order chi connectivity index (χ0) is 15.9. The molecule has 1 amide bonds. The second-order valence-electron chi connectivity index (χ2n) is 6.97. The number of hydrogen-bond donors (Lipinski definition) is 0. The van der Waals surface area contributed by atoms with Gasteiger partial charge in [-0.05, 0) is 51.7 Å². The standard InChI is InChI=1S/C16H21ClN2O3/c1-16(2,3)22-15(20)19-11(6-10-7-13(10)19)9-21-12-4-5-14(17)18-8-12/h4-5,8,10-11,13H,6-7,9H2,1-3H3/t10-,11-,13+/m0/s1. The van der Waals surface area contributed by atoms with Crippen molar-refractivity contribution in [3.63, 3.8) is 0 Å². The van der Waals surface area contributed by atoms with Crippen LogP contribution in [0.25, 0.3) is 0 Å². The molecule has 22 heavy (non-hydrogen) atoms. The summed E-state index contributed by atoms with van der Waals surface area (Å²) in [5.41, 5.74) is -0.477. The molecule has 0 aromatic carbocycles. The van der Waals surface area contributed by atoms with E-state index in [-0.39, 0.29) is 12.1 Å². The number of piperidine rings is 1. The number of amides is 1. The molecular formula is C16H21ClN2O3. The third-order valence-corrected chi connectivity index (χ3v) is 4.18. The molecule has 3 atom stereocenters. The van der Waals surface area contributed by atoms with Crippen LogP contribution < -0.4 is 4.74 Å². The van der Waals surface area contributed by atoms with Crippen LogP contribution in [0.3, 0.4) is 0 Å². The predicted molar refractivity (Wildman–Crippen MR) is 83.1 cm³/mol. The molecule has 0 radical (unpaired) electrons. The first-order valence-corrected chi connectivity index (χ1v) is 7.97. The number of ether oxygens (including phenoxy) is 2. The van der Waals surface area contributed by atoms with Crippen molar-refractivity contribution in [2.24, 2.45) is 5.92 Å². The molecule has 1 saturated heterocycles. The number of fused-ring (bicyclic) bond motifs is 1. The Morgan fingerprint density at radius 3 is 2.82 bits per heavy atom. The first kappa shape index (κ1) is 15.4. The number of aromatic nitrogens is 1. The van der Waals surface area contributed by atoms with Crippen LogP contribution in [0.2, 0.25) is 5.15 Å². The van der Waals surface area contributed by atoms with Crippen molar-refractivity contribution < 1.29 is 14.3 Å². The fourth-order valence-electron chi connectivity index (χ4n) is 2.95. The van der Waals surface area contributed by atoms with Gasteiger partial charge in [0.15, 0.2) is 0 Å². The fraction of sp³-hybridized carbons (Fsp3) is 0.625. The van der Waals surface area contributed by atoms with E-state index in [0.29, 0.717) is 29.5 Å². The maximum absolute atomic E-state index is 12.4. The van der Waals surface area contributed by atoms with E-state index < -0.39 is 5.60 Å². The summed E-state index contributed by atoms with van der Waals surface area (Å²) in [5, 5.41) is 0.435. The minimum absolute atomic E-state index is 0.0641. The van der Waals surface area contributed by atoms with E-state index in [1.54, 1.807) is 18.3 Å². The Balaban J connectivity index is 1.60. The Labute approximate surface area is 135 Å². The van der Waals surface area contributed by atoms with Crippen LogP contribution in [0, 0.1) is 5.92 Å². The van der Waals surface area contributed by atoms with Crippen molar-refractivity contribution in [2.45, 2.75) is 51.3 Å². The summed E-state index contributed by atoms with van der Waals surface area (Å²) in [5.74, 6) is 1.26. The Morgan fingerprint density at radius 2 is 2.18 bits per heavy atom. The van der Waals surface area contributed by atoms with Gasteiger partial charge in [0.05, 0.1) is 12.2 Å². The average molecular weight is 325 g/mol. The lowest BCUT2D eigenvalue weighted by molar-refractivity contribution is 0.0139. The zero-order valence-corrected chi connectivity index (χ0v) is 13.8. The number of hydrogen-bond acceptors (Lipinski definition) is 4. The van der Waals surface area contributed by atoms with Crippen LogP contribution in [-0.4, -0.2) is 40.3 Å². The molecule has 1 aliphatic heterocycles. The molecule has 1 aromatic rings. The molecule has 6 heteroatoms. The summed E-state index contributed by atoms with van der Waals surface area (Å²) < 4.78 is 11.3. The highest BCUT2D eigenvalue weighted by molar-refractivity contribution is 6.29. The van der Waals surface area contributed by atoms with Gasteiger partial charge in [-0.3, -0.25) is 4.90 Å². The summed E-state index contributed by atoms with van der Waals surface area (Å²) >= 11 is 5.75. The van der Waals surface area contributed by atoms with E-state index in [9.17, 15) is 4.79 Å². The molecule has 2 aliphatic rings. The van der Waals surface area contributed by atoms with Gasteiger partial charge in [0.2, 0.25) is 0 Å². The Kier molecular flexibility index (Phi) is 3.93. The predicted octanol–water partition coefficient (Wildman–Crippen LogP) is 3.51. The van der Waals surface area contributed by atoms with E-state index >= 15 is 0 Å². The largest absolute Gasteiger partial charge is 0.490 e. The minimum atomic E-state index is -0.477. The van der Waals surface area contributed by atoms with Gasteiger partial charge < -0.3 is 9.47 Å². The number of carbonyl (C=O) groups is 1. The van der Waals surface area contributed by atoms with Gasteiger partial charge in [0.25, 0.3) is 0 Å². The number of nitrogens with zero attached hydrogens (tertiary/aromatic N) is 2. The number of halogens is 1. The monoisotopic (exact) mass is 324 g/mol. The van der Waals surface area contributed by atoms with Crippen molar-refractivity contribution in [2.75, 3.05) is 6.61 Å². The van der Waals surface area contributed by atoms with E-state index in [2.05, 4.69) is 4.98 Å². The Hall–Kier alpha value is -1.49. The third kappa shape index (κ3) is 3.46. The van der Waals surface area contributed by atoms with Crippen LogP contribution in [0.4, 0.5) is 4.79 Å². The quantitative estimate of drug-likeness (QED) is 0.798. The van der Waals surface area contributed by atoms with E-state index in [0.717, 1.165) is 12.8 Å². The molecule has 2 heterocycles. The van der Waals surface area contributed by atoms with Crippen molar-refractivity contribution in [1.29, 1.82) is 0 Å². The highest BCUT2D eigenvalue weighted by Gasteiger charge is 2.55. The lowest BCUT2D eigenvalue weighted by Crippen LogP contribution is -2.44. The fourth-order valence-corrected chi connectivity index (χ4v) is 3.06. The molecular weight excluding hydrogens is 304 g/mol. The first-order chi connectivity index (χ1) is 10.3. The highest BCUT2D eigenvalue weighted by Crippen LogP contribution is 2.48. The number of pyridine rings is 1. The van der Waals surface area contributed by atoms with Gasteiger partial charge in [0, 0.05) is 6.04 Å². The van der Waals surface area contributed by atoms with Gasteiger partial charge in [-0.1, -0.05) is 11.6 Å². The molecule has 1 saturated carbocycles. The van der Waals surface area contributed by atoms with Crippen LogP contribution >= 0.6 is 11.6 Å². The summed E-state index contributed by atoms with van der Waals surface area (Å²) in [7, 11) is 0. The van der Waals surface area contributed by atoms with E-state index in [1.165, 1.54) is 0 Å². The molecule has 5 nitrogen and oxygen atoms in total. The SMILES string of the molecule is CC(C)(C)OC(=O)N1[C@H](COc2ccc(Cl)nc2)C[C@H]2C[C@H]21. The number of likely N-dealkylation sites (tertiary alicyclic amines) is 1. The third-order valence-electron chi connectivity index (χ3n) is 3.96. The van der Waals surface area contributed by atoms with Crippen LogP contribution in [0.15, 0.2) is 18.3 Å². The maximum atomic E-state index is 12.4. The lowest BCUT2D eigenvalue weighted by Gasteiger charge is -2.30. The van der Waals surface area contributed by atoms with Gasteiger partial charge in [0.1, 0.15) is 23.1 Å². The Bertz CT molecular complexity index is 556. The van der Waals surface area contributed by atoms with Crippen LogP contribution in [0.1, 0.15) is 33.6 Å².